The molecule has 3 heterocycles. The first-order valence-electron chi connectivity index (χ1n) is 7.11. The summed E-state index contributed by atoms with van der Waals surface area (Å²) in [7, 11) is 0. The molecule has 7 heteroatoms. The highest BCUT2D eigenvalue weighted by molar-refractivity contribution is 7.19. The van der Waals surface area contributed by atoms with E-state index in [1.807, 2.05) is 18.3 Å². The van der Waals surface area contributed by atoms with Crippen LogP contribution in [0.25, 0.3) is 26.8 Å². The van der Waals surface area contributed by atoms with Crippen LogP contribution in [0, 0.1) is 0 Å². The molecule has 0 spiro atoms. The van der Waals surface area contributed by atoms with Gasteiger partial charge in [0.1, 0.15) is 5.52 Å². The van der Waals surface area contributed by atoms with E-state index in [4.69, 9.17) is 5.73 Å². The molecule has 0 aliphatic rings. The number of pyridine rings is 1. The molecule has 0 aliphatic heterocycles. The number of nitrogen functional groups attached to an aromatic ring is 1. The standard InChI is InChI=1S/C15H14N6S/c1-2-3-12-19-13-14(22-12)10-8-9(21-7-6-17-20-21)4-5-11(10)18-15(13)16/h4-8H,2-3H2,1H3,(H2,16,18). The third-order valence-electron chi connectivity index (χ3n) is 3.53. The highest BCUT2D eigenvalue weighted by Crippen LogP contribution is 2.33. The second-order valence-corrected chi connectivity index (χ2v) is 6.17. The van der Waals surface area contributed by atoms with Crippen LogP contribution in [0.4, 0.5) is 5.82 Å². The topological polar surface area (TPSA) is 82.5 Å². The van der Waals surface area contributed by atoms with Crippen LogP contribution in [0.15, 0.2) is 30.6 Å². The summed E-state index contributed by atoms with van der Waals surface area (Å²) in [5.41, 5.74) is 8.70. The van der Waals surface area contributed by atoms with Gasteiger partial charge in [-0.25, -0.2) is 14.6 Å². The first kappa shape index (κ1) is 13.1. The van der Waals surface area contributed by atoms with Crippen molar-refractivity contribution < 1.29 is 0 Å². The van der Waals surface area contributed by atoms with Crippen molar-refractivity contribution in [3.05, 3.63) is 35.6 Å². The maximum absolute atomic E-state index is 6.07. The maximum atomic E-state index is 6.07. The van der Waals surface area contributed by atoms with Gasteiger partial charge >= 0.3 is 0 Å². The summed E-state index contributed by atoms with van der Waals surface area (Å²) < 4.78 is 2.82. The molecule has 0 aliphatic carbocycles. The van der Waals surface area contributed by atoms with Crippen molar-refractivity contribution in [1.29, 1.82) is 0 Å². The molecule has 0 radical (unpaired) electrons. The highest BCUT2D eigenvalue weighted by Gasteiger charge is 2.13. The summed E-state index contributed by atoms with van der Waals surface area (Å²) in [5, 5.41) is 10.0. The molecule has 0 bridgehead atoms. The smallest absolute Gasteiger partial charge is 0.151 e. The Morgan fingerprint density at radius 2 is 2.18 bits per heavy atom. The molecule has 0 unspecified atom stereocenters. The quantitative estimate of drug-likeness (QED) is 0.629. The largest absolute Gasteiger partial charge is 0.382 e. The van der Waals surface area contributed by atoms with Crippen molar-refractivity contribution in [2.24, 2.45) is 0 Å². The zero-order valence-corrected chi connectivity index (χ0v) is 12.8. The molecule has 4 rings (SSSR count). The Hall–Kier alpha value is -2.54. The first-order chi connectivity index (χ1) is 10.8. The van der Waals surface area contributed by atoms with Crippen LogP contribution in [0.1, 0.15) is 18.4 Å². The normalized spacial score (nSPS) is 11.5. The summed E-state index contributed by atoms with van der Waals surface area (Å²) in [5.74, 6) is 0.495. The predicted molar refractivity (Wildman–Crippen MR) is 88.2 cm³/mol. The van der Waals surface area contributed by atoms with Crippen LogP contribution >= 0.6 is 11.3 Å². The molecule has 0 amide bonds. The third kappa shape index (κ3) is 2.01. The summed E-state index contributed by atoms with van der Waals surface area (Å²) in [6.07, 6.45) is 5.50. The van der Waals surface area contributed by atoms with Crippen molar-refractivity contribution >= 4 is 38.3 Å². The zero-order valence-electron chi connectivity index (χ0n) is 12.0. The van der Waals surface area contributed by atoms with E-state index in [9.17, 15) is 0 Å². The summed E-state index contributed by atoms with van der Waals surface area (Å²) in [6.45, 7) is 2.15. The number of rotatable bonds is 3. The number of aryl methyl sites for hydroxylation is 1. The van der Waals surface area contributed by atoms with E-state index in [-0.39, 0.29) is 0 Å². The van der Waals surface area contributed by atoms with E-state index in [1.165, 1.54) is 0 Å². The molecule has 3 aromatic heterocycles. The number of benzene rings is 1. The second kappa shape index (κ2) is 5.03. The van der Waals surface area contributed by atoms with Crippen LogP contribution in [0.5, 0.6) is 0 Å². The van der Waals surface area contributed by atoms with Crippen molar-refractivity contribution in [2.45, 2.75) is 19.8 Å². The highest BCUT2D eigenvalue weighted by atomic mass is 32.1. The van der Waals surface area contributed by atoms with E-state index in [1.54, 1.807) is 22.2 Å². The Labute approximate surface area is 130 Å². The molecular formula is C15H14N6S. The Morgan fingerprint density at radius 3 is 2.95 bits per heavy atom. The molecule has 0 fully saturated rings. The van der Waals surface area contributed by atoms with Gasteiger partial charge < -0.3 is 5.73 Å². The number of thiazole rings is 1. The third-order valence-corrected chi connectivity index (χ3v) is 4.68. The molecule has 6 nitrogen and oxygen atoms in total. The van der Waals surface area contributed by atoms with Gasteiger partial charge in [0.2, 0.25) is 0 Å². The Balaban J connectivity index is 2.01. The molecule has 1 aromatic carbocycles. The van der Waals surface area contributed by atoms with E-state index in [2.05, 4.69) is 33.3 Å². The second-order valence-electron chi connectivity index (χ2n) is 5.08. The minimum absolute atomic E-state index is 0.495. The van der Waals surface area contributed by atoms with E-state index >= 15 is 0 Å². The van der Waals surface area contributed by atoms with Gasteiger partial charge in [-0.1, -0.05) is 12.1 Å². The van der Waals surface area contributed by atoms with Crippen LogP contribution in [-0.2, 0) is 6.42 Å². The Morgan fingerprint density at radius 1 is 1.27 bits per heavy atom. The lowest BCUT2D eigenvalue weighted by Crippen LogP contribution is -1.97. The lowest BCUT2D eigenvalue weighted by Gasteiger charge is -2.04. The van der Waals surface area contributed by atoms with E-state index in [0.717, 1.165) is 44.7 Å². The Bertz CT molecular complexity index is 957. The van der Waals surface area contributed by atoms with Gasteiger partial charge in [-0.3, -0.25) is 0 Å². The first-order valence-corrected chi connectivity index (χ1v) is 7.93. The summed E-state index contributed by atoms with van der Waals surface area (Å²) in [6, 6.07) is 5.98. The number of aromatic nitrogens is 5. The molecule has 2 N–H and O–H groups in total. The number of hydrogen-bond donors (Lipinski definition) is 1. The van der Waals surface area contributed by atoms with E-state index in [0.29, 0.717) is 5.82 Å². The van der Waals surface area contributed by atoms with Crippen molar-refractivity contribution in [2.75, 3.05) is 5.73 Å². The van der Waals surface area contributed by atoms with Crippen LogP contribution in [0.2, 0.25) is 0 Å². The SMILES string of the molecule is CCCc1nc2c(N)nc3ccc(-n4ccnn4)cc3c2s1. The average molecular weight is 310 g/mol. The van der Waals surface area contributed by atoms with Gasteiger partial charge in [0.15, 0.2) is 5.82 Å². The number of hydrogen-bond acceptors (Lipinski definition) is 6. The van der Waals surface area contributed by atoms with Crippen LogP contribution < -0.4 is 5.73 Å². The van der Waals surface area contributed by atoms with Gasteiger partial charge in [0.05, 0.1) is 33.3 Å². The van der Waals surface area contributed by atoms with Crippen LogP contribution in [-0.4, -0.2) is 25.0 Å². The van der Waals surface area contributed by atoms with Crippen LogP contribution in [0.3, 0.4) is 0 Å². The summed E-state index contributed by atoms with van der Waals surface area (Å²) in [4.78, 5) is 9.12. The zero-order chi connectivity index (χ0) is 15.1. The average Bonchev–Trinajstić information content (AvgIpc) is 3.17. The van der Waals surface area contributed by atoms with Gasteiger partial charge in [-0.05, 0) is 31.0 Å². The molecule has 0 saturated carbocycles. The van der Waals surface area contributed by atoms with Gasteiger partial charge in [-0.15, -0.1) is 16.4 Å². The fraction of sp³-hybridized carbons (Fsp3) is 0.200. The lowest BCUT2D eigenvalue weighted by atomic mass is 10.2. The number of fused-ring (bicyclic) bond motifs is 3. The van der Waals surface area contributed by atoms with Gasteiger partial charge in [0.25, 0.3) is 0 Å². The molecular weight excluding hydrogens is 296 g/mol. The predicted octanol–water partition coefficient (Wildman–Crippen LogP) is 2.96. The van der Waals surface area contributed by atoms with Crippen molar-refractivity contribution in [3.63, 3.8) is 0 Å². The Kier molecular flexibility index (Phi) is 3.00. The molecule has 110 valence electrons. The van der Waals surface area contributed by atoms with Crippen molar-refractivity contribution in [1.82, 2.24) is 25.0 Å². The lowest BCUT2D eigenvalue weighted by molar-refractivity contribution is 0.804. The molecule has 4 aromatic rings. The molecule has 22 heavy (non-hydrogen) atoms. The molecule has 0 atom stereocenters. The van der Waals surface area contributed by atoms with E-state index < -0.39 is 0 Å². The maximum Gasteiger partial charge on any atom is 0.151 e. The minimum Gasteiger partial charge on any atom is -0.382 e. The monoisotopic (exact) mass is 310 g/mol. The number of nitrogens with two attached hydrogens (primary N) is 1. The minimum atomic E-state index is 0.495. The van der Waals surface area contributed by atoms with Gasteiger partial charge in [-0.2, -0.15) is 0 Å². The number of nitrogens with zero attached hydrogens (tertiary/aromatic N) is 5. The fourth-order valence-corrected chi connectivity index (χ4v) is 3.71. The molecule has 0 saturated heterocycles. The fourth-order valence-electron chi connectivity index (χ4n) is 2.52. The number of anilines is 1. The summed E-state index contributed by atoms with van der Waals surface area (Å²) >= 11 is 1.70. The van der Waals surface area contributed by atoms with Crippen molar-refractivity contribution in [3.8, 4) is 5.69 Å². The van der Waals surface area contributed by atoms with Gasteiger partial charge in [0, 0.05) is 5.39 Å².